The maximum atomic E-state index is 12.8. The van der Waals surface area contributed by atoms with E-state index >= 15 is 0 Å². The fourth-order valence-corrected chi connectivity index (χ4v) is 3.40. The molecule has 3 N–H and O–H groups in total. The number of primary amides is 1. The third-order valence-electron chi connectivity index (χ3n) is 4.98. The normalized spacial score (nSPS) is 16.6. The second kappa shape index (κ2) is 8.89. The Kier molecular flexibility index (Phi) is 6.31. The second-order valence-corrected chi connectivity index (χ2v) is 7.14. The molecule has 0 bridgehead atoms. The van der Waals surface area contributed by atoms with E-state index in [4.69, 9.17) is 10.5 Å². The molecule has 2 amide bonds. The summed E-state index contributed by atoms with van der Waals surface area (Å²) >= 11 is 0. The summed E-state index contributed by atoms with van der Waals surface area (Å²) in [4.78, 5) is 25.8. The molecule has 6 nitrogen and oxygen atoms in total. The minimum Gasteiger partial charge on any atom is -0.483 e. The Morgan fingerprint density at radius 3 is 2.64 bits per heavy atom. The van der Waals surface area contributed by atoms with Crippen LogP contribution in [0.3, 0.4) is 0 Å². The van der Waals surface area contributed by atoms with Crippen LogP contribution in [0.15, 0.2) is 42.5 Å². The molecule has 0 radical (unpaired) electrons. The van der Waals surface area contributed by atoms with Crippen LogP contribution >= 0.6 is 0 Å². The van der Waals surface area contributed by atoms with Crippen molar-refractivity contribution in [2.75, 3.05) is 26.2 Å². The van der Waals surface area contributed by atoms with Crippen molar-refractivity contribution >= 4 is 11.8 Å². The summed E-state index contributed by atoms with van der Waals surface area (Å²) in [6.07, 6.45) is 1.00. The molecule has 0 spiro atoms. The number of benzene rings is 2. The number of aryl methyl sites for hydroxylation is 1. The quantitative estimate of drug-likeness (QED) is 0.804. The summed E-state index contributed by atoms with van der Waals surface area (Å²) in [6, 6.07) is 13.6. The number of carbonyl (C=O) groups excluding carboxylic acids is 2. The Morgan fingerprint density at radius 1 is 1.21 bits per heavy atom. The number of rotatable bonds is 6. The van der Waals surface area contributed by atoms with E-state index in [9.17, 15) is 9.59 Å². The molecule has 28 heavy (non-hydrogen) atoms. The van der Waals surface area contributed by atoms with Gasteiger partial charge in [0.25, 0.3) is 11.8 Å². The summed E-state index contributed by atoms with van der Waals surface area (Å²) in [7, 11) is 0. The van der Waals surface area contributed by atoms with Crippen LogP contribution in [0.2, 0.25) is 0 Å². The highest BCUT2D eigenvalue weighted by atomic mass is 16.5. The van der Waals surface area contributed by atoms with Crippen LogP contribution in [0.25, 0.3) is 11.1 Å². The first-order valence-corrected chi connectivity index (χ1v) is 9.62. The van der Waals surface area contributed by atoms with Crippen LogP contribution in [0, 0.1) is 6.92 Å². The van der Waals surface area contributed by atoms with Gasteiger partial charge in [-0.3, -0.25) is 9.59 Å². The number of carbonyl (C=O) groups is 2. The summed E-state index contributed by atoms with van der Waals surface area (Å²) in [5.74, 6) is 0.131. The van der Waals surface area contributed by atoms with Crippen LogP contribution in [0.5, 0.6) is 5.75 Å². The maximum absolute atomic E-state index is 12.8. The van der Waals surface area contributed by atoms with E-state index in [1.807, 2.05) is 54.3 Å². The molecule has 1 heterocycles. The summed E-state index contributed by atoms with van der Waals surface area (Å²) in [6.45, 7) is 6.23. The van der Waals surface area contributed by atoms with E-state index in [0.29, 0.717) is 17.4 Å². The molecule has 0 aromatic heterocycles. The predicted octanol–water partition coefficient (Wildman–Crippen LogP) is 2.35. The summed E-state index contributed by atoms with van der Waals surface area (Å²) in [5, 5.41) is 3.43. The van der Waals surface area contributed by atoms with Crippen LogP contribution in [-0.2, 0) is 4.79 Å². The predicted molar refractivity (Wildman–Crippen MR) is 109 cm³/mol. The fraction of sp³-hybridized carbons (Fsp3) is 0.364. The van der Waals surface area contributed by atoms with Crippen LogP contribution in [0.4, 0.5) is 0 Å². The second-order valence-electron chi connectivity index (χ2n) is 7.14. The Morgan fingerprint density at radius 2 is 1.96 bits per heavy atom. The van der Waals surface area contributed by atoms with Gasteiger partial charge in [0.15, 0.2) is 6.61 Å². The Labute approximate surface area is 165 Å². The molecule has 3 rings (SSSR count). The number of hydrogen-bond acceptors (Lipinski definition) is 4. The first-order chi connectivity index (χ1) is 13.5. The largest absolute Gasteiger partial charge is 0.483 e. The third kappa shape index (κ3) is 4.70. The van der Waals surface area contributed by atoms with Crippen LogP contribution in [0.1, 0.15) is 29.3 Å². The van der Waals surface area contributed by atoms with E-state index in [1.165, 1.54) is 0 Å². The monoisotopic (exact) mass is 381 g/mol. The molecule has 1 saturated heterocycles. The van der Waals surface area contributed by atoms with Crippen molar-refractivity contribution in [2.24, 2.45) is 5.73 Å². The standard InChI is InChI=1S/C22H27N3O3/c1-3-18-13-25(11-10-24-18)22(27)17-7-5-16(6-8-17)19-12-15(2)4-9-20(19)28-14-21(23)26/h4-9,12,18,24H,3,10-11,13-14H2,1-2H3,(H2,23,26)/t18-/m1/s1. The Balaban J connectivity index is 1.80. The average molecular weight is 381 g/mol. The lowest BCUT2D eigenvalue weighted by molar-refractivity contribution is -0.119. The first kappa shape index (κ1) is 19.9. The van der Waals surface area contributed by atoms with E-state index in [0.717, 1.165) is 42.7 Å². The van der Waals surface area contributed by atoms with Gasteiger partial charge in [0.2, 0.25) is 0 Å². The summed E-state index contributed by atoms with van der Waals surface area (Å²) < 4.78 is 5.55. The maximum Gasteiger partial charge on any atom is 0.255 e. The number of nitrogens with two attached hydrogens (primary N) is 1. The zero-order valence-electron chi connectivity index (χ0n) is 16.4. The smallest absolute Gasteiger partial charge is 0.255 e. The number of ether oxygens (including phenoxy) is 1. The molecule has 1 aliphatic heterocycles. The molecule has 1 fully saturated rings. The number of piperazine rings is 1. The van der Waals surface area contributed by atoms with Gasteiger partial charge in [-0.25, -0.2) is 0 Å². The highest BCUT2D eigenvalue weighted by Gasteiger charge is 2.23. The lowest BCUT2D eigenvalue weighted by atomic mass is 10.0. The molecule has 2 aromatic rings. The van der Waals surface area contributed by atoms with Crippen molar-refractivity contribution in [3.63, 3.8) is 0 Å². The molecule has 1 atom stereocenters. The van der Waals surface area contributed by atoms with Gasteiger partial charge in [-0.2, -0.15) is 0 Å². The van der Waals surface area contributed by atoms with E-state index in [-0.39, 0.29) is 12.5 Å². The fourth-order valence-electron chi connectivity index (χ4n) is 3.40. The highest BCUT2D eigenvalue weighted by molar-refractivity contribution is 5.95. The van der Waals surface area contributed by atoms with Crippen molar-refractivity contribution in [3.8, 4) is 16.9 Å². The molecular formula is C22H27N3O3. The van der Waals surface area contributed by atoms with Crippen molar-refractivity contribution < 1.29 is 14.3 Å². The van der Waals surface area contributed by atoms with Gasteiger partial charge in [-0.1, -0.05) is 30.7 Å². The number of hydrogen-bond donors (Lipinski definition) is 2. The number of nitrogens with zero attached hydrogens (tertiary/aromatic N) is 1. The van der Waals surface area contributed by atoms with E-state index < -0.39 is 5.91 Å². The third-order valence-corrected chi connectivity index (χ3v) is 4.98. The highest BCUT2D eigenvalue weighted by Crippen LogP contribution is 2.31. The topological polar surface area (TPSA) is 84.7 Å². The van der Waals surface area contributed by atoms with Gasteiger partial charge in [0, 0.05) is 36.8 Å². The zero-order chi connectivity index (χ0) is 20.1. The van der Waals surface area contributed by atoms with Gasteiger partial charge >= 0.3 is 0 Å². The lowest BCUT2D eigenvalue weighted by Gasteiger charge is -2.33. The SMILES string of the molecule is CC[C@@H]1CN(C(=O)c2ccc(-c3cc(C)ccc3OCC(N)=O)cc2)CCN1. The van der Waals surface area contributed by atoms with E-state index in [1.54, 1.807) is 0 Å². The van der Waals surface area contributed by atoms with Gasteiger partial charge in [-0.05, 0) is 43.2 Å². The lowest BCUT2D eigenvalue weighted by Crippen LogP contribution is -2.52. The molecule has 148 valence electrons. The van der Waals surface area contributed by atoms with Gasteiger partial charge in [0.05, 0.1) is 0 Å². The van der Waals surface area contributed by atoms with Gasteiger partial charge in [-0.15, -0.1) is 0 Å². The van der Waals surface area contributed by atoms with Gasteiger partial charge in [0.1, 0.15) is 5.75 Å². The minimum absolute atomic E-state index is 0.0564. The first-order valence-electron chi connectivity index (χ1n) is 9.62. The van der Waals surface area contributed by atoms with Crippen molar-refractivity contribution in [3.05, 3.63) is 53.6 Å². The zero-order valence-corrected chi connectivity index (χ0v) is 16.4. The molecule has 2 aromatic carbocycles. The summed E-state index contributed by atoms with van der Waals surface area (Å²) in [5.41, 5.74) is 8.73. The van der Waals surface area contributed by atoms with Crippen molar-refractivity contribution in [2.45, 2.75) is 26.3 Å². The van der Waals surface area contributed by atoms with E-state index in [2.05, 4.69) is 12.2 Å². The molecule has 0 saturated carbocycles. The number of nitrogens with one attached hydrogen (secondary N) is 1. The van der Waals surface area contributed by atoms with Crippen LogP contribution < -0.4 is 15.8 Å². The Bertz CT molecular complexity index is 849. The number of amides is 2. The average Bonchev–Trinajstić information content (AvgIpc) is 2.72. The Hall–Kier alpha value is -2.86. The molecule has 0 unspecified atom stereocenters. The molecular weight excluding hydrogens is 354 g/mol. The molecule has 1 aliphatic rings. The molecule has 0 aliphatic carbocycles. The minimum atomic E-state index is -0.520. The van der Waals surface area contributed by atoms with Crippen molar-refractivity contribution in [1.82, 2.24) is 10.2 Å². The van der Waals surface area contributed by atoms with Gasteiger partial charge < -0.3 is 20.7 Å². The molecule has 6 heteroatoms. The van der Waals surface area contributed by atoms with Crippen molar-refractivity contribution in [1.29, 1.82) is 0 Å². The van der Waals surface area contributed by atoms with Crippen LogP contribution in [-0.4, -0.2) is 49.0 Å².